The summed E-state index contributed by atoms with van der Waals surface area (Å²) in [6.07, 6.45) is 35.0. The largest absolute Gasteiger partial charge is 0.393 e. The fourth-order valence-corrected chi connectivity index (χ4v) is 4.94. The van der Waals surface area contributed by atoms with Crippen LogP contribution in [0.25, 0.3) is 0 Å². The lowest BCUT2D eigenvalue weighted by Gasteiger charge is -2.35. The number of rotatable bonds is 13. The van der Waals surface area contributed by atoms with Gasteiger partial charge >= 0.3 is 0 Å². The molecule has 0 heterocycles. The molecule has 0 amide bonds. The van der Waals surface area contributed by atoms with Crippen molar-refractivity contribution in [2.75, 3.05) is 0 Å². The average Bonchev–Trinajstić information content (AvgIpc) is 2.84. The summed E-state index contributed by atoms with van der Waals surface area (Å²) in [5.74, 6) is 0. The molecule has 0 aliphatic heterocycles. The molecule has 0 fully saturated rings. The minimum absolute atomic E-state index is 0.00414. The molecular formula is C40H56O2. The Bertz CT molecular complexity index is 1250. The number of aliphatic hydroxyl groups excluding tert-OH is 2. The smallest absolute Gasteiger partial charge is 0.0760 e. The standard InChI is InChI=1S/C40H56O2/c1-30(2)26-37(41)27-35(7)23-15-21-33(5)20-13-18-31(3)16-11-12-17-32(4)19-14-22-34(6)24-25-39-36(8)28-38(42)29-40(39,9)10/h11-26,37-38,41-42H,27-29H2,1-10H3/b12-11+,18-13+,19-14+,21-15+,25-24+,31-16+,32-17+,33-20+,34-22+,35-23+. The summed E-state index contributed by atoms with van der Waals surface area (Å²) in [4.78, 5) is 0. The van der Waals surface area contributed by atoms with Gasteiger partial charge in [0.25, 0.3) is 0 Å². The fourth-order valence-electron chi connectivity index (χ4n) is 4.94. The zero-order valence-electron chi connectivity index (χ0n) is 27.9. The molecule has 0 aromatic rings. The number of hydrogen-bond donors (Lipinski definition) is 2. The first-order valence-electron chi connectivity index (χ1n) is 15.1. The van der Waals surface area contributed by atoms with E-state index in [0.717, 1.165) is 24.0 Å². The molecule has 0 spiro atoms. The van der Waals surface area contributed by atoms with Crippen molar-refractivity contribution in [2.45, 2.75) is 101 Å². The normalized spacial score (nSPS) is 20.8. The second-order valence-corrected chi connectivity index (χ2v) is 12.6. The Kier molecular flexibility index (Phi) is 16.7. The van der Waals surface area contributed by atoms with Gasteiger partial charge in [-0.3, -0.25) is 0 Å². The molecular weight excluding hydrogens is 512 g/mol. The molecule has 0 bridgehead atoms. The summed E-state index contributed by atoms with van der Waals surface area (Å²) in [6.45, 7) is 21.0. The van der Waals surface area contributed by atoms with Gasteiger partial charge in [0.05, 0.1) is 12.2 Å². The van der Waals surface area contributed by atoms with Crippen LogP contribution < -0.4 is 0 Å². The molecule has 1 rings (SSSR count). The van der Waals surface area contributed by atoms with E-state index in [1.165, 1.54) is 33.4 Å². The maximum absolute atomic E-state index is 10.1. The second kappa shape index (κ2) is 19.1. The average molecular weight is 569 g/mol. The minimum atomic E-state index is -0.419. The van der Waals surface area contributed by atoms with E-state index in [1.807, 2.05) is 32.9 Å². The van der Waals surface area contributed by atoms with Gasteiger partial charge in [-0.25, -0.2) is 0 Å². The van der Waals surface area contributed by atoms with Crippen LogP contribution in [0, 0.1) is 5.41 Å². The summed E-state index contributed by atoms with van der Waals surface area (Å²) < 4.78 is 0. The van der Waals surface area contributed by atoms with E-state index in [4.69, 9.17) is 0 Å². The zero-order valence-corrected chi connectivity index (χ0v) is 27.9. The first kappa shape index (κ1) is 36.8. The van der Waals surface area contributed by atoms with Crippen LogP contribution in [0.5, 0.6) is 0 Å². The molecule has 0 radical (unpaired) electrons. The molecule has 228 valence electrons. The Morgan fingerprint density at radius 3 is 1.67 bits per heavy atom. The predicted molar refractivity (Wildman–Crippen MR) is 186 cm³/mol. The van der Waals surface area contributed by atoms with Crippen molar-refractivity contribution in [3.8, 4) is 0 Å². The molecule has 1 aliphatic rings. The topological polar surface area (TPSA) is 40.5 Å². The van der Waals surface area contributed by atoms with Crippen LogP contribution in [-0.2, 0) is 0 Å². The van der Waals surface area contributed by atoms with E-state index >= 15 is 0 Å². The summed E-state index contributed by atoms with van der Waals surface area (Å²) in [7, 11) is 0. The lowest BCUT2D eigenvalue weighted by Crippen LogP contribution is -2.28. The highest BCUT2D eigenvalue weighted by molar-refractivity contribution is 5.38. The molecule has 2 atom stereocenters. The van der Waals surface area contributed by atoms with Crippen LogP contribution in [0.15, 0.2) is 142 Å². The van der Waals surface area contributed by atoms with E-state index in [9.17, 15) is 10.2 Å². The van der Waals surface area contributed by atoms with Crippen LogP contribution in [0.4, 0.5) is 0 Å². The quantitative estimate of drug-likeness (QED) is 0.171. The Morgan fingerprint density at radius 1 is 0.738 bits per heavy atom. The van der Waals surface area contributed by atoms with Gasteiger partial charge in [-0.2, -0.15) is 0 Å². The van der Waals surface area contributed by atoms with E-state index in [-0.39, 0.29) is 11.5 Å². The molecule has 0 aromatic carbocycles. The third-order valence-corrected chi connectivity index (χ3v) is 7.05. The maximum atomic E-state index is 10.1. The van der Waals surface area contributed by atoms with Crippen LogP contribution in [0.2, 0.25) is 0 Å². The minimum Gasteiger partial charge on any atom is -0.393 e. The van der Waals surface area contributed by atoms with Crippen LogP contribution in [0.3, 0.4) is 0 Å². The SMILES string of the molecule is CC(C)=CC(O)C/C(C)=C/C=C/C(C)=C/C=C/C(C)=C/C=C/C=C(C)/C=C/C=C(C)/C=C/C1=C(C)CC(O)CC1(C)C. The number of allylic oxidation sites excluding steroid dienone is 21. The molecule has 2 N–H and O–H groups in total. The Morgan fingerprint density at radius 2 is 1.19 bits per heavy atom. The monoisotopic (exact) mass is 568 g/mol. The lowest BCUT2D eigenvalue weighted by atomic mass is 9.71. The summed E-state index contributed by atoms with van der Waals surface area (Å²) >= 11 is 0. The van der Waals surface area contributed by atoms with Crippen molar-refractivity contribution in [1.82, 2.24) is 0 Å². The van der Waals surface area contributed by atoms with Crippen molar-refractivity contribution in [2.24, 2.45) is 5.41 Å². The van der Waals surface area contributed by atoms with Crippen LogP contribution in [-0.4, -0.2) is 22.4 Å². The highest BCUT2D eigenvalue weighted by Crippen LogP contribution is 2.41. The number of hydrogen-bond acceptors (Lipinski definition) is 2. The number of aliphatic hydroxyl groups is 2. The van der Waals surface area contributed by atoms with Gasteiger partial charge in [-0.1, -0.05) is 150 Å². The second-order valence-electron chi connectivity index (χ2n) is 12.6. The van der Waals surface area contributed by atoms with Gasteiger partial charge < -0.3 is 10.2 Å². The van der Waals surface area contributed by atoms with Crippen molar-refractivity contribution >= 4 is 0 Å². The van der Waals surface area contributed by atoms with Gasteiger partial charge in [0.15, 0.2) is 0 Å². The molecule has 42 heavy (non-hydrogen) atoms. The summed E-state index contributed by atoms with van der Waals surface area (Å²) in [5, 5.41) is 20.1. The third-order valence-electron chi connectivity index (χ3n) is 7.05. The first-order valence-corrected chi connectivity index (χ1v) is 15.1. The van der Waals surface area contributed by atoms with Crippen molar-refractivity contribution in [3.63, 3.8) is 0 Å². The Labute approximate surface area is 257 Å². The third kappa shape index (κ3) is 16.3. The molecule has 0 aromatic heterocycles. The molecule has 0 saturated carbocycles. The zero-order chi connectivity index (χ0) is 31.7. The van der Waals surface area contributed by atoms with E-state index < -0.39 is 6.10 Å². The molecule has 1 aliphatic carbocycles. The van der Waals surface area contributed by atoms with E-state index in [2.05, 4.69) is 134 Å². The van der Waals surface area contributed by atoms with Gasteiger partial charge in [0.2, 0.25) is 0 Å². The van der Waals surface area contributed by atoms with Gasteiger partial charge in [0.1, 0.15) is 0 Å². The van der Waals surface area contributed by atoms with Crippen LogP contribution in [0.1, 0.15) is 88.5 Å². The van der Waals surface area contributed by atoms with Crippen molar-refractivity contribution in [3.05, 3.63) is 142 Å². The Balaban J connectivity index is 2.62. The fraction of sp³-hybridized carbons (Fsp3) is 0.400. The van der Waals surface area contributed by atoms with Gasteiger partial charge in [-0.15, -0.1) is 0 Å². The van der Waals surface area contributed by atoms with E-state index in [1.54, 1.807) is 0 Å². The van der Waals surface area contributed by atoms with Crippen molar-refractivity contribution in [1.29, 1.82) is 0 Å². The Hall–Kier alpha value is -3.20. The first-order chi connectivity index (χ1) is 19.7. The lowest BCUT2D eigenvalue weighted by molar-refractivity contribution is 0.116. The predicted octanol–water partition coefficient (Wildman–Crippen LogP) is 10.7. The maximum Gasteiger partial charge on any atom is 0.0760 e. The van der Waals surface area contributed by atoms with Crippen molar-refractivity contribution < 1.29 is 10.2 Å². The van der Waals surface area contributed by atoms with Crippen LogP contribution >= 0.6 is 0 Å². The van der Waals surface area contributed by atoms with E-state index in [0.29, 0.717) is 6.42 Å². The molecule has 0 saturated heterocycles. The molecule has 2 unspecified atom stereocenters. The summed E-state index contributed by atoms with van der Waals surface area (Å²) in [5.41, 5.74) is 9.65. The molecule has 2 heteroatoms. The van der Waals surface area contributed by atoms with Gasteiger partial charge in [0, 0.05) is 0 Å². The summed E-state index contributed by atoms with van der Waals surface area (Å²) in [6, 6.07) is 0. The highest BCUT2D eigenvalue weighted by Gasteiger charge is 2.31. The van der Waals surface area contributed by atoms with Gasteiger partial charge in [-0.05, 0) is 85.6 Å². The highest BCUT2D eigenvalue weighted by atomic mass is 16.3. The molecule has 2 nitrogen and oxygen atoms in total.